The standard InChI is InChI=1S/C36H53N5O9S/c1-25(2)50-34(45)36(3,4)40-51(47,48)41(22-27-16-10-6-11-17-27)23-31(42)29(20-26-14-8-5-9-15-26)38-33(44)30(21-32(37)43)39-35(46)49-24-28-18-12-7-13-19-28/h5,7-9,12-15,18-19,25,27,29-31,40,42H,6,10-11,16-17,20-24H2,1-4H3,(H2,37,43)(H,38,44)(H,39,46)/t29-,30-,31+/m0/s1. The van der Waals surface area contributed by atoms with Crippen LogP contribution in [0, 0.1) is 5.92 Å². The number of rotatable bonds is 19. The predicted molar refractivity (Wildman–Crippen MR) is 191 cm³/mol. The monoisotopic (exact) mass is 731 g/mol. The van der Waals surface area contributed by atoms with Crippen LogP contribution in [0.15, 0.2) is 60.7 Å². The van der Waals surface area contributed by atoms with Crippen LogP contribution in [0.25, 0.3) is 0 Å². The van der Waals surface area contributed by atoms with E-state index in [-0.39, 0.29) is 25.5 Å². The summed E-state index contributed by atoms with van der Waals surface area (Å²) in [7, 11) is -4.39. The van der Waals surface area contributed by atoms with Crippen molar-refractivity contribution in [3.8, 4) is 0 Å². The van der Waals surface area contributed by atoms with E-state index in [0.29, 0.717) is 5.56 Å². The van der Waals surface area contributed by atoms with Crippen molar-refractivity contribution in [1.29, 1.82) is 0 Å². The smallest absolute Gasteiger partial charge is 0.408 e. The van der Waals surface area contributed by atoms with E-state index in [0.717, 1.165) is 42.0 Å². The molecule has 1 aliphatic rings. The molecule has 0 spiro atoms. The summed E-state index contributed by atoms with van der Waals surface area (Å²) in [5.74, 6) is -2.44. The Hall–Kier alpha value is -4.05. The third-order valence-corrected chi connectivity index (χ3v) is 10.2. The van der Waals surface area contributed by atoms with Crippen LogP contribution < -0.4 is 21.1 Å². The number of benzene rings is 2. The zero-order chi connectivity index (χ0) is 37.6. The molecule has 0 saturated heterocycles. The number of esters is 1. The van der Waals surface area contributed by atoms with Gasteiger partial charge in [-0.05, 0) is 64.0 Å². The van der Waals surface area contributed by atoms with E-state index in [1.165, 1.54) is 13.8 Å². The third-order valence-electron chi connectivity index (χ3n) is 8.47. The van der Waals surface area contributed by atoms with Crippen molar-refractivity contribution in [2.75, 3.05) is 13.1 Å². The minimum Gasteiger partial charge on any atom is -0.462 e. The minimum absolute atomic E-state index is 0.0152. The van der Waals surface area contributed by atoms with Gasteiger partial charge in [-0.3, -0.25) is 14.4 Å². The summed E-state index contributed by atoms with van der Waals surface area (Å²) in [6.07, 6.45) is 1.13. The molecule has 0 heterocycles. The Bertz CT molecular complexity index is 1530. The number of alkyl carbamates (subject to hydrolysis) is 1. The topological polar surface area (TPSA) is 206 Å². The Morgan fingerprint density at radius 2 is 1.53 bits per heavy atom. The number of primary amides is 1. The highest BCUT2D eigenvalue weighted by molar-refractivity contribution is 7.87. The van der Waals surface area contributed by atoms with Crippen molar-refractivity contribution in [2.24, 2.45) is 11.7 Å². The van der Waals surface area contributed by atoms with Crippen LogP contribution in [0.5, 0.6) is 0 Å². The molecule has 0 aromatic heterocycles. The van der Waals surface area contributed by atoms with Crippen LogP contribution in [0.2, 0.25) is 0 Å². The molecule has 2 aromatic carbocycles. The number of amides is 3. The Balaban J connectivity index is 1.86. The lowest BCUT2D eigenvalue weighted by atomic mass is 9.89. The molecule has 0 aliphatic heterocycles. The third kappa shape index (κ3) is 14.2. The number of carbonyl (C=O) groups excluding carboxylic acids is 4. The molecule has 3 atom stereocenters. The van der Waals surface area contributed by atoms with Crippen LogP contribution in [0.1, 0.15) is 77.3 Å². The lowest BCUT2D eigenvalue weighted by Crippen LogP contribution is -2.59. The normalized spacial score (nSPS) is 15.8. The highest BCUT2D eigenvalue weighted by Gasteiger charge is 2.39. The summed E-state index contributed by atoms with van der Waals surface area (Å²) < 4.78 is 42.0. The maximum absolute atomic E-state index is 14.0. The van der Waals surface area contributed by atoms with E-state index in [2.05, 4.69) is 15.4 Å². The van der Waals surface area contributed by atoms with E-state index in [4.69, 9.17) is 15.2 Å². The number of nitrogens with two attached hydrogens (primary N) is 1. The highest BCUT2D eigenvalue weighted by Crippen LogP contribution is 2.26. The summed E-state index contributed by atoms with van der Waals surface area (Å²) in [6.45, 7) is 5.68. The fourth-order valence-electron chi connectivity index (χ4n) is 5.81. The zero-order valence-corrected chi connectivity index (χ0v) is 30.7. The van der Waals surface area contributed by atoms with Crippen LogP contribution in [-0.4, -0.2) is 84.6 Å². The SMILES string of the molecule is CC(C)OC(=O)C(C)(C)NS(=O)(=O)N(CC1CCCCC1)C[C@@H](O)[C@H](Cc1ccccc1)NC(=O)[C@H](CC(N)=O)NC(=O)OCc1ccccc1. The van der Waals surface area contributed by atoms with Crippen molar-refractivity contribution < 1.29 is 42.2 Å². The van der Waals surface area contributed by atoms with E-state index in [1.807, 2.05) is 6.07 Å². The number of nitrogens with zero attached hydrogens (tertiary/aromatic N) is 1. The first-order chi connectivity index (χ1) is 24.1. The van der Waals surface area contributed by atoms with Crippen LogP contribution in [0.3, 0.4) is 0 Å². The molecule has 3 rings (SSSR count). The number of aliphatic hydroxyl groups excluding tert-OH is 1. The zero-order valence-electron chi connectivity index (χ0n) is 29.9. The van der Waals surface area contributed by atoms with E-state index < -0.39 is 76.9 Å². The average Bonchev–Trinajstić information content (AvgIpc) is 3.07. The largest absolute Gasteiger partial charge is 0.462 e. The lowest BCUT2D eigenvalue weighted by Gasteiger charge is -2.35. The number of hydrogen-bond donors (Lipinski definition) is 5. The Morgan fingerprint density at radius 3 is 2.10 bits per heavy atom. The average molecular weight is 732 g/mol. The van der Waals surface area contributed by atoms with Gasteiger partial charge in [0.25, 0.3) is 10.2 Å². The van der Waals surface area contributed by atoms with Gasteiger partial charge < -0.3 is 30.9 Å². The Morgan fingerprint density at radius 1 is 0.941 bits per heavy atom. The summed E-state index contributed by atoms with van der Waals surface area (Å²) in [5.41, 5.74) is 5.22. The quantitative estimate of drug-likeness (QED) is 0.135. The second-order valence-corrected chi connectivity index (χ2v) is 15.5. The summed E-state index contributed by atoms with van der Waals surface area (Å²) in [6, 6.07) is 15.3. The van der Waals surface area contributed by atoms with E-state index in [1.54, 1.807) is 68.4 Å². The first-order valence-electron chi connectivity index (χ1n) is 17.3. The summed E-state index contributed by atoms with van der Waals surface area (Å²) in [4.78, 5) is 51.1. The fraction of sp³-hybridized carbons (Fsp3) is 0.556. The first kappa shape index (κ1) is 41.4. The molecule has 6 N–H and O–H groups in total. The van der Waals surface area contributed by atoms with Gasteiger partial charge in [-0.2, -0.15) is 17.4 Å². The highest BCUT2D eigenvalue weighted by atomic mass is 32.2. The first-order valence-corrected chi connectivity index (χ1v) is 18.8. The minimum atomic E-state index is -4.39. The number of carbonyl (C=O) groups is 4. The second kappa shape index (κ2) is 19.5. The maximum atomic E-state index is 14.0. The van der Waals surface area contributed by atoms with Crippen molar-refractivity contribution in [3.05, 3.63) is 71.8 Å². The molecule has 0 bridgehead atoms. The van der Waals surface area contributed by atoms with Gasteiger partial charge in [-0.25, -0.2) is 4.79 Å². The van der Waals surface area contributed by atoms with Crippen molar-refractivity contribution in [1.82, 2.24) is 19.7 Å². The molecule has 2 aromatic rings. The van der Waals surface area contributed by atoms with Crippen LogP contribution in [0.4, 0.5) is 4.79 Å². The summed E-state index contributed by atoms with van der Waals surface area (Å²) >= 11 is 0. The molecule has 3 amide bonds. The van der Waals surface area contributed by atoms with Crippen molar-refractivity contribution in [2.45, 2.75) is 109 Å². The second-order valence-electron chi connectivity index (χ2n) is 13.8. The molecule has 282 valence electrons. The molecular weight excluding hydrogens is 678 g/mol. The molecule has 1 fully saturated rings. The molecule has 0 radical (unpaired) electrons. The van der Waals surface area contributed by atoms with Crippen LogP contribution >= 0.6 is 0 Å². The van der Waals surface area contributed by atoms with Gasteiger partial charge in [0.2, 0.25) is 11.8 Å². The van der Waals surface area contributed by atoms with Gasteiger partial charge in [0.1, 0.15) is 18.2 Å². The van der Waals surface area contributed by atoms with Gasteiger partial charge in [-0.15, -0.1) is 0 Å². The van der Waals surface area contributed by atoms with Gasteiger partial charge >= 0.3 is 12.1 Å². The number of hydrogen-bond acceptors (Lipinski definition) is 9. The van der Waals surface area contributed by atoms with Gasteiger partial charge in [0, 0.05) is 13.1 Å². The molecule has 1 saturated carbocycles. The Kier molecular flexibility index (Phi) is 15.8. The Labute approximate surface area is 301 Å². The van der Waals surface area contributed by atoms with Crippen molar-refractivity contribution in [3.63, 3.8) is 0 Å². The molecule has 0 unspecified atom stereocenters. The molecule has 1 aliphatic carbocycles. The molecular formula is C36H53N5O9S. The van der Waals surface area contributed by atoms with Gasteiger partial charge in [0.15, 0.2) is 0 Å². The number of nitrogens with one attached hydrogen (secondary N) is 3. The summed E-state index contributed by atoms with van der Waals surface area (Å²) in [5, 5.41) is 16.8. The molecule has 14 nitrogen and oxygen atoms in total. The molecule has 51 heavy (non-hydrogen) atoms. The number of ether oxygens (including phenoxy) is 2. The van der Waals surface area contributed by atoms with E-state index in [9.17, 15) is 32.7 Å². The molecule has 15 heteroatoms. The van der Waals surface area contributed by atoms with Crippen LogP contribution in [-0.2, 0) is 47.1 Å². The van der Waals surface area contributed by atoms with Crippen molar-refractivity contribution >= 4 is 34.1 Å². The van der Waals surface area contributed by atoms with Gasteiger partial charge in [-0.1, -0.05) is 79.9 Å². The maximum Gasteiger partial charge on any atom is 0.408 e. The fourth-order valence-corrected chi connectivity index (χ4v) is 7.42. The van der Waals surface area contributed by atoms with E-state index >= 15 is 0 Å². The predicted octanol–water partition coefficient (Wildman–Crippen LogP) is 2.69. The number of aliphatic hydroxyl groups is 1. The van der Waals surface area contributed by atoms with Gasteiger partial charge in [0.05, 0.1) is 24.7 Å². The lowest BCUT2D eigenvalue weighted by molar-refractivity contribution is -0.153.